The molecule has 0 radical (unpaired) electrons. The summed E-state index contributed by atoms with van der Waals surface area (Å²) in [6, 6.07) is 27.0. The van der Waals surface area contributed by atoms with Crippen molar-refractivity contribution in [3.63, 3.8) is 0 Å². The van der Waals surface area contributed by atoms with Crippen LogP contribution in [0.4, 0.5) is 0 Å². The van der Waals surface area contributed by atoms with E-state index in [0.29, 0.717) is 13.0 Å². The number of para-hydroxylation sites is 1. The first-order valence-corrected chi connectivity index (χ1v) is 12.0. The van der Waals surface area contributed by atoms with Crippen LogP contribution in [-0.4, -0.2) is 15.5 Å². The summed E-state index contributed by atoms with van der Waals surface area (Å²) >= 11 is 1.71. The Morgan fingerprint density at radius 1 is 0.909 bits per heavy atom. The smallest absolute Gasteiger partial charge is 0.221 e. The van der Waals surface area contributed by atoms with Gasteiger partial charge in [-0.25, -0.2) is 0 Å². The van der Waals surface area contributed by atoms with Crippen LogP contribution in [0.15, 0.2) is 103 Å². The predicted molar refractivity (Wildman–Crippen MR) is 134 cm³/mol. The second kappa shape index (κ2) is 9.84. The minimum atomic E-state index is 0.00404. The predicted octanol–water partition coefficient (Wildman–Crippen LogP) is 5.98. The van der Waals surface area contributed by atoms with Crippen molar-refractivity contribution in [2.75, 3.05) is 0 Å². The number of benzene rings is 2. The number of hydrogen-bond donors (Lipinski definition) is 1. The van der Waals surface area contributed by atoms with Crippen LogP contribution in [0, 0.1) is 0 Å². The van der Waals surface area contributed by atoms with Gasteiger partial charge in [0.25, 0.3) is 0 Å². The number of pyridine rings is 1. The van der Waals surface area contributed by atoms with E-state index in [-0.39, 0.29) is 11.8 Å². The molecule has 33 heavy (non-hydrogen) atoms. The SMILES string of the molecule is O=C(CC(c1cccs1)c1cn(Cc2ccccc2)c2ccccc12)NCc1ccncc1. The second-order valence-electron chi connectivity index (χ2n) is 8.12. The lowest BCUT2D eigenvalue weighted by Gasteiger charge is -2.15. The summed E-state index contributed by atoms with van der Waals surface area (Å²) < 4.78 is 2.30. The molecule has 5 heteroatoms. The summed E-state index contributed by atoms with van der Waals surface area (Å²) in [4.78, 5) is 18.2. The van der Waals surface area contributed by atoms with Crippen molar-refractivity contribution in [1.82, 2.24) is 14.9 Å². The highest BCUT2D eigenvalue weighted by molar-refractivity contribution is 7.10. The summed E-state index contributed by atoms with van der Waals surface area (Å²) in [6.07, 6.45) is 6.14. The zero-order valence-corrected chi connectivity index (χ0v) is 19.0. The van der Waals surface area contributed by atoms with Crippen molar-refractivity contribution in [2.45, 2.75) is 25.4 Å². The maximum absolute atomic E-state index is 13.0. The number of nitrogens with zero attached hydrogens (tertiary/aromatic N) is 2. The minimum absolute atomic E-state index is 0.00404. The van der Waals surface area contributed by atoms with Crippen molar-refractivity contribution in [3.8, 4) is 0 Å². The van der Waals surface area contributed by atoms with Crippen molar-refractivity contribution >= 4 is 28.1 Å². The number of nitrogens with one attached hydrogen (secondary N) is 1. The molecule has 0 saturated carbocycles. The van der Waals surface area contributed by atoms with Crippen LogP contribution in [0.1, 0.15) is 33.9 Å². The molecule has 5 rings (SSSR count). The Morgan fingerprint density at radius 2 is 1.70 bits per heavy atom. The number of amides is 1. The van der Waals surface area contributed by atoms with Gasteiger partial charge in [0.1, 0.15) is 0 Å². The standard InChI is InChI=1S/C28H25N3OS/c32-28(30-18-21-12-14-29-15-13-21)17-24(27-11-6-16-33-27)25-20-31(19-22-7-2-1-3-8-22)26-10-5-4-9-23(25)26/h1-16,20,24H,17-19H2,(H,30,32). The second-order valence-corrected chi connectivity index (χ2v) is 9.10. The van der Waals surface area contributed by atoms with E-state index >= 15 is 0 Å². The molecule has 0 bridgehead atoms. The van der Waals surface area contributed by atoms with Gasteiger partial charge < -0.3 is 9.88 Å². The Bertz CT molecular complexity index is 1330. The molecule has 5 aromatic rings. The minimum Gasteiger partial charge on any atom is -0.352 e. The fourth-order valence-corrected chi connectivity index (χ4v) is 5.12. The Kier molecular flexibility index (Phi) is 6.31. The van der Waals surface area contributed by atoms with Gasteiger partial charge in [0.15, 0.2) is 0 Å². The van der Waals surface area contributed by atoms with Gasteiger partial charge in [-0.2, -0.15) is 0 Å². The van der Waals surface area contributed by atoms with E-state index in [1.54, 1.807) is 23.7 Å². The molecule has 0 fully saturated rings. The lowest BCUT2D eigenvalue weighted by atomic mass is 9.93. The molecule has 0 aliphatic carbocycles. The fourth-order valence-electron chi connectivity index (χ4n) is 4.28. The molecule has 0 spiro atoms. The molecule has 3 heterocycles. The molecule has 0 aliphatic heterocycles. The quantitative estimate of drug-likeness (QED) is 0.315. The molecule has 2 aromatic carbocycles. The Morgan fingerprint density at radius 3 is 2.48 bits per heavy atom. The highest BCUT2D eigenvalue weighted by Crippen LogP contribution is 2.37. The van der Waals surface area contributed by atoms with Gasteiger partial charge >= 0.3 is 0 Å². The third-order valence-corrected chi connectivity index (χ3v) is 6.89. The molecule has 1 atom stereocenters. The third-order valence-electron chi connectivity index (χ3n) is 5.91. The van der Waals surface area contributed by atoms with Crippen molar-refractivity contribution in [1.29, 1.82) is 0 Å². The maximum Gasteiger partial charge on any atom is 0.221 e. The van der Waals surface area contributed by atoms with E-state index in [1.807, 2.05) is 18.2 Å². The van der Waals surface area contributed by atoms with E-state index in [4.69, 9.17) is 0 Å². The van der Waals surface area contributed by atoms with Crippen molar-refractivity contribution in [2.24, 2.45) is 0 Å². The number of carbonyl (C=O) groups excluding carboxylic acids is 1. The molecule has 164 valence electrons. The summed E-state index contributed by atoms with van der Waals surface area (Å²) in [5.41, 5.74) is 4.69. The Labute approximate surface area is 197 Å². The largest absolute Gasteiger partial charge is 0.352 e. The summed E-state index contributed by atoms with van der Waals surface area (Å²) in [7, 11) is 0. The van der Waals surface area contributed by atoms with Gasteiger partial charge in [0.05, 0.1) is 0 Å². The molecule has 4 nitrogen and oxygen atoms in total. The Hall–Kier alpha value is -3.70. The average Bonchev–Trinajstić information content (AvgIpc) is 3.52. The first kappa shape index (κ1) is 21.2. The summed E-state index contributed by atoms with van der Waals surface area (Å²) in [5.74, 6) is 0.0504. The van der Waals surface area contributed by atoms with Gasteiger partial charge in [-0.1, -0.05) is 54.6 Å². The van der Waals surface area contributed by atoms with Gasteiger partial charge in [0, 0.05) is 59.8 Å². The van der Waals surface area contributed by atoms with E-state index in [9.17, 15) is 4.79 Å². The van der Waals surface area contributed by atoms with E-state index in [0.717, 1.165) is 12.1 Å². The van der Waals surface area contributed by atoms with E-state index in [2.05, 4.69) is 87.1 Å². The van der Waals surface area contributed by atoms with Gasteiger partial charge in [-0.05, 0) is 46.3 Å². The molecule has 3 aromatic heterocycles. The molecule has 1 unspecified atom stereocenters. The number of aromatic nitrogens is 2. The molecule has 0 saturated heterocycles. The third kappa shape index (κ3) is 4.89. The van der Waals surface area contributed by atoms with Crippen LogP contribution in [0.3, 0.4) is 0 Å². The summed E-state index contributed by atoms with van der Waals surface area (Å²) in [5, 5.41) is 6.37. The number of carbonyl (C=O) groups is 1. The highest BCUT2D eigenvalue weighted by Gasteiger charge is 2.23. The van der Waals surface area contributed by atoms with Gasteiger partial charge in [-0.15, -0.1) is 11.3 Å². The normalized spacial score (nSPS) is 12.0. The van der Waals surface area contributed by atoms with E-state index < -0.39 is 0 Å². The molecular formula is C28H25N3OS. The van der Waals surface area contributed by atoms with Crippen LogP contribution in [-0.2, 0) is 17.9 Å². The van der Waals surface area contributed by atoms with E-state index in [1.165, 1.54) is 26.9 Å². The molecule has 1 amide bonds. The maximum atomic E-state index is 13.0. The van der Waals surface area contributed by atoms with Gasteiger partial charge in [-0.3, -0.25) is 9.78 Å². The number of thiophene rings is 1. The topological polar surface area (TPSA) is 46.9 Å². The first-order valence-electron chi connectivity index (χ1n) is 11.1. The lowest BCUT2D eigenvalue weighted by molar-refractivity contribution is -0.121. The zero-order valence-electron chi connectivity index (χ0n) is 18.2. The molecule has 0 aliphatic rings. The van der Waals surface area contributed by atoms with Crippen molar-refractivity contribution < 1.29 is 4.79 Å². The van der Waals surface area contributed by atoms with Crippen molar-refractivity contribution in [3.05, 3.63) is 124 Å². The Balaban J connectivity index is 1.45. The average molecular weight is 452 g/mol. The first-order chi connectivity index (χ1) is 16.3. The zero-order chi connectivity index (χ0) is 22.5. The van der Waals surface area contributed by atoms with Crippen LogP contribution in [0.2, 0.25) is 0 Å². The van der Waals surface area contributed by atoms with Crippen LogP contribution < -0.4 is 5.32 Å². The van der Waals surface area contributed by atoms with Gasteiger partial charge in [0.2, 0.25) is 5.91 Å². The lowest BCUT2D eigenvalue weighted by Crippen LogP contribution is -2.24. The van der Waals surface area contributed by atoms with Crippen LogP contribution >= 0.6 is 11.3 Å². The molecular weight excluding hydrogens is 426 g/mol. The highest BCUT2D eigenvalue weighted by atomic mass is 32.1. The number of fused-ring (bicyclic) bond motifs is 1. The van der Waals surface area contributed by atoms with Crippen LogP contribution in [0.5, 0.6) is 0 Å². The molecule has 1 N–H and O–H groups in total. The van der Waals surface area contributed by atoms with Crippen LogP contribution in [0.25, 0.3) is 10.9 Å². The summed E-state index contributed by atoms with van der Waals surface area (Å²) in [6.45, 7) is 1.31. The monoisotopic (exact) mass is 451 g/mol. The fraction of sp³-hybridized carbons (Fsp3) is 0.143. The number of hydrogen-bond acceptors (Lipinski definition) is 3. The number of rotatable bonds is 8.